The molecule has 0 fully saturated rings. The summed E-state index contributed by atoms with van der Waals surface area (Å²) >= 11 is 11.8. The number of primary amides is 1. The highest BCUT2D eigenvalue weighted by atomic mass is 35.5. The molecule has 0 saturated heterocycles. The van der Waals surface area contributed by atoms with Crippen LogP contribution < -0.4 is 11.1 Å². The smallest absolute Gasteiger partial charge is 0.242 e. The Bertz CT molecular complexity index is 423. The normalized spacial score (nSPS) is 14.4. The minimum atomic E-state index is -0.926. The number of halogens is 2. The lowest BCUT2D eigenvalue weighted by Gasteiger charge is -2.28. The van der Waals surface area contributed by atoms with Crippen molar-refractivity contribution in [3.8, 4) is 0 Å². The van der Waals surface area contributed by atoms with Crippen LogP contribution in [0, 0.1) is 0 Å². The van der Waals surface area contributed by atoms with Gasteiger partial charge in [0.2, 0.25) is 5.91 Å². The largest absolute Gasteiger partial charge is 0.368 e. The summed E-state index contributed by atoms with van der Waals surface area (Å²) in [5.41, 5.74) is 5.24. The van der Waals surface area contributed by atoms with Gasteiger partial charge in [-0.25, -0.2) is 0 Å². The molecule has 0 radical (unpaired) electrons. The van der Waals surface area contributed by atoms with Crippen molar-refractivity contribution in [3.63, 3.8) is 0 Å². The Balaban J connectivity index is 3.13. The van der Waals surface area contributed by atoms with Gasteiger partial charge in [0.25, 0.3) is 0 Å². The van der Waals surface area contributed by atoms with Gasteiger partial charge in [-0.15, -0.1) is 0 Å². The Hall–Kier alpha value is -0.770. The zero-order chi connectivity index (χ0) is 13.1. The van der Waals surface area contributed by atoms with Gasteiger partial charge in [-0.2, -0.15) is 0 Å². The Morgan fingerprint density at radius 2 is 2.06 bits per heavy atom. The Morgan fingerprint density at radius 1 is 1.41 bits per heavy atom. The van der Waals surface area contributed by atoms with Gasteiger partial charge in [-0.3, -0.25) is 10.1 Å². The van der Waals surface area contributed by atoms with Gasteiger partial charge in [-0.1, -0.05) is 36.2 Å². The summed E-state index contributed by atoms with van der Waals surface area (Å²) in [4.78, 5) is 11.6. The Labute approximate surface area is 111 Å². The van der Waals surface area contributed by atoms with Crippen molar-refractivity contribution in [2.45, 2.75) is 25.8 Å². The van der Waals surface area contributed by atoms with E-state index in [0.717, 1.165) is 6.42 Å². The number of hydrogen-bond donors (Lipinski definition) is 2. The fourth-order valence-electron chi connectivity index (χ4n) is 1.51. The van der Waals surface area contributed by atoms with Crippen LogP contribution in [-0.4, -0.2) is 12.5 Å². The van der Waals surface area contributed by atoms with E-state index in [4.69, 9.17) is 28.9 Å². The van der Waals surface area contributed by atoms with E-state index >= 15 is 0 Å². The molecule has 1 aromatic rings. The van der Waals surface area contributed by atoms with Crippen molar-refractivity contribution in [2.24, 2.45) is 5.73 Å². The van der Waals surface area contributed by atoms with Crippen molar-refractivity contribution in [1.82, 2.24) is 5.32 Å². The van der Waals surface area contributed by atoms with E-state index in [9.17, 15) is 4.79 Å². The summed E-state index contributed by atoms with van der Waals surface area (Å²) in [7, 11) is 0. The molecule has 1 aromatic carbocycles. The first kappa shape index (κ1) is 14.3. The molecule has 0 bridgehead atoms. The standard InChI is InChI=1S/C12H16Cl2N2O/c1-3-6-16-12(2,11(15)17)8-4-5-9(13)10(14)7-8/h4-5,7,16H,3,6H2,1-2H3,(H2,15,17). The van der Waals surface area contributed by atoms with Crippen LogP contribution in [0.4, 0.5) is 0 Å². The van der Waals surface area contributed by atoms with Gasteiger partial charge in [0.15, 0.2) is 0 Å². The van der Waals surface area contributed by atoms with Crippen molar-refractivity contribution in [2.75, 3.05) is 6.54 Å². The van der Waals surface area contributed by atoms with Crippen molar-refractivity contribution in [1.29, 1.82) is 0 Å². The highest BCUT2D eigenvalue weighted by Gasteiger charge is 2.32. The van der Waals surface area contributed by atoms with Crippen molar-refractivity contribution >= 4 is 29.1 Å². The quantitative estimate of drug-likeness (QED) is 0.868. The zero-order valence-corrected chi connectivity index (χ0v) is 11.4. The monoisotopic (exact) mass is 274 g/mol. The van der Waals surface area contributed by atoms with Gasteiger partial charge in [0.1, 0.15) is 5.54 Å². The van der Waals surface area contributed by atoms with E-state index in [1.807, 2.05) is 6.92 Å². The molecular formula is C12H16Cl2N2O. The van der Waals surface area contributed by atoms with Crippen LogP contribution in [0.3, 0.4) is 0 Å². The number of amides is 1. The van der Waals surface area contributed by atoms with Gasteiger partial charge in [0.05, 0.1) is 10.0 Å². The van der Waals surface area contributed by atoms with Crippen LogP contribution in [0.1, 0.15) is 25.8 Å². The molecule has 0 saturated carbocycles. The molecule has 17 heavy (non-hydrogen) atoms. The third-order valence-corrected chi connectivity index (χ3v) is 3.46. The van der Waals surface area contributed by atoms with Crippen LogP contribution in [0.5, 0.6) is 0 Å². The first-order valence-corrected chi connectivity index (χ1v) is 6.18. The molecule has 3 nitrogen and oxygen atoms in total. The molecule has 3 N–H and O–H groups in total. The number of benzene rings is 1. The second kappa shape index (κ2) is 5.71. The molecule has 0 spiro atoms. The number of hydrogen-bond acceptors (Lipinski definition) is 2. The Kier molecular flexibility index (Phi) is 4.80. The topological polar surface area (TPSA) is 55.1 Å². The molecule has 0 aliphatic rings. The highest BCUT2D eigenvalue weighted by Crippen LogP contribution is 2.28. The van der Waals surface area contributed by atoms with Crippen LogP contribution in [-0.2, 0) is 10.3 Å². The number of rotatable bonds is 5. The second-order valence-corrected chi connectivity index (χ2v) is 4.86. The lowest BCUT2D eigenvalue weighted by atomic mass is 9.91. The van der Waals surface area contributed by atoms with E-state index in [0.29, 0.717) is 22.2 Å². The molecule has 5 heteroatoms. The van der Waals surface area contributed by atoms with E-state index in [-0.39, 0.29) is 0 Å². The summed E-state index contributed by atoms with van der Waals surface area (Å²) in [6.45, 7) is 4.45. The molecule has 0 aromatic heterocycles. The SMILES string of the molecule is CCCNC(C)(C(N)=O)c1ccc(Cl)c(Cl)c1. The Morgan fingerprint density at radius 3 is 2.53 bits per heavy atom. The van der Waals surface area contributed by atoms with Crippen molar-refractivity contribution < 1.29 is 4.79 Å². The third-order valence-electron chi connectivity index (χ3n) is 2.72. The summed E-state index contributed by atoms with van der Waals surface area (Å²) in [6.07, 6.45) is 0.907. The van der Waals surface area contributed by atoms with Crippen LogP contribution in [0.2, 0.25) is 10.0 Å². The van der Waals surface area contributed by atoms with E-state index in [2.05, 4.69) is 5.32 Å². The number of nitrogens with one attached hydrogen (secondary N) is 1. The van der Waals surface area contributed by atoms with Crippen molar-refractivity contribution in [3.05, 3.63) is 33.8 Å². The molecule has 0 heterocycles. The minimum absolute atomic E-state index is 0.412. The predicted molar refractivity (Wildman–Crippen MR) is 71.3 cm³/mol. The van der Waals surface area contributed by atoms with E-state index in [1.54, 1.807) is 25.1 Å². The second-order valence-electron chi connectivity index (χ2n) is 4.04. The molecule has 0 aliphatic heterocycles. The maximum absolute atomic E-state index is 11.6. The number of carbonyl (C=O) groups is 1. The number of nitrogens with two attached hydrogens (primary N) is 1. The minimum Gasteiger partial charge on any atom is -0.368 e. The fourth-order valence-corrected chi connectivity index (χ4v) is 1.81. The summed E-state index contributed by atoms with van der Waals surface area (Å²) in [5.74, 6) is -0.440. The average molecular weight is 275 g/mol. The molecule has 1 rings (SSSR count). The summed E-state index contributed by atoms with van der Waals surface area (Å²) < 4.78 is 0. The van der Waals surface area contributed by atoms with Gasteiger partial charge in [0, 0.05) is 0 Å². The molecule has 94 valence electrons. The average Bonchev–Trinajstić information content (AvgIpc) is 2.29. The van der Waals surface area contributed by atoms with Gasteiger partial charge in [-0.05, 0) is 37.6 Å². The van der Waals surface area contributed by atoms with Crippen LogP contribution in [0.25, 0.3) is 0 Å². The molecular weight excluding hydrogens is 259 g/mol. The summed E-state index contributed by atoms with van der Waals surface area (Å²) in [5, 5.41) is 4.00. The number of carbonyl (C=O) groups excluding carboxylic acids is 1. The molecule has 1 amide bonds. The summed E-state index contributed by atoms with van der Waals surface area (Å²) in [6, 6.07) is 5.08. The van der Waals surface area contributed by atoms with Gasteiger partial charge >= 0.3 is 0 Å². The van der Waals surface area contributed by atoms with Crippen LogP contribution >= 0.6 is 23.2 Å². The van der Waals surface area contributed by atoms with Gasteiger partial charge < -0.3 is 5.73 Å². The van der Waals surface area contributed by atoms with Crippen LogP contribution in [0.15, 0.2) is 18.2 Å². The molecule has 1 atom stereocenters. The molecule has 1 unspecified atom stereocenters. The predicted octanol–water partition coefficient (Wildman–Crippen LogP) is 2.69. The van der Waals surface area contributed by atoms with E-state index in [1.165, 1.54) is 0 Å². The zero-order valence-electron chi connectivity index (χ0n) is 9.89. The maximum atomic E-state index is 11.6. The lowest BCUT2D eigenvalue weighted by Crippen LogP contribution is -2.50. The van der Waals surface area contributed by atoms with E-state index < -0.39 is 11.4 Å². The fraction of sp³-hybridized carbons (Fsp3) is 0.417. The maximum Gasteiger partial charge on any atom is 0.242 e. The third kappa shape index (κ3) is 3.12. The lowest BCUT2D eigenvalue weighted by molar-refractivity contribution is -0.124. The first-order valence-electron chi connectivity index (χ1n) is 5.42. The first-order chi connectivity index (χ1) is 7.91. The highest BCUT2D eigenvalue weighted by molar-refractivity contribution is 6.42. The molecule has 0 aliphatic carbocycles.